The number of nitrogens with zero attached hydrogens (tertiary/aromatic N) is 2. The molecule has 1 aromatic heterocycles. The van der Waals surface area contributed by atoms with Crippen molar-refractivity contribution in [2.24, 2.45) is 5.92 Å². The molecule has 0 bridgehead atoms. The van der Waals surface area contributed by atoms with Gasteiger partial charge in [-0.3, -0.25) is 0 Å². The zero-order chi connectivity index (χ0) is 19.1. The zero-order valence-corrected chi connectivity index (χ0v) is 17.1. The summed E-state index contributed by atoms with van der Waals surface area (Å²) in [6.45, 7) is 11.8. The predicted molar refractivity (Wildman–Crippen MR) is 107 cm³/mol. The Balaban J connectivity index is 1.97. The molecule has 2 amide bonds. The molecule has 1 heterocycles. The lowest BCUT2D eigenvalue weighted by atomic mass is 10.2. The van der Waals surface area contributed by atoms with E-state index < -0.39 is 0 Å². The molecule has 26 heavy (non-hydrogen) atoms. The average molecular weight is 376 g/mol. The van der Waals surface area contributed by atoms with Crippen molar-refractivity contribution >= 4 is 17.4 Å². The fourth-order valence-corrected chi connectivity index (χ4v) is 3.24. The first-order valence-corrected chi connectivity index (χ1v) is 9.90. The van der Waals surface area contributed by atoms with Crippen LogP contribution in [0.2, 0.25) is 0 Å². The SMILES string of the molecule is Cc1ccccc1OCc1nc(CN(CC(C)C)C(=O)NC(C)C)cs1. The van der Waals surface area contributed by atoms with Gasteiger partial charge >= 0.3 is 6.03 Å². The van der Waals surface area contributed by atoms with Crippen LogP contribution in [0.3, 0.4) is 0 Å². The van der Waals surface area contributed by atoms with Crippen molar-refractivity contribution in [1.82, 2.24) is 15.2 Å². The van der Waals surface area contributed by atoms with E-state index in [0.29, 0.717) is 25.6 Å². The third kappa shape index (κ3) is 6.33. The van der Waals surface area contributed by atoms with Crippen LogP contribution < -0.4 is 10.1 Å². The highest BCUT2D eigenvalue weighted by Gasteiger charge is 2.17. The molecule has 142 valence electrons. The van der Waals surface area contributed by atoms with Crippen LogP contribution in [-0.4, -0.2) is 28.5 Å². The summed E-state index contributed by atoms with van der Waals surface area (Å²) in [4.78, 5) is 18.9. The number of ether oxygens (including phenoxy) is 1. The van der Waals surface area contributed by atoms with E-state index in [4.69, 9.17) is 4.74 Å². The van der Waals surface area contributed by atoms with Gasteiger partial charge in [-0.2, -0.15) is 0 Å². The molecule has 2 aromatic rings. The molecule has 0 saturated carbocycles. The summed E-state index contributed by atoms with van der Waals surface area (Å²) in [5.74, 6) is 1.28. The number of benzene rings is 1. The molecule has 1 aromatic carbocycles. The molecule has 1 N–H and O–H groups in total. The zero-order valence-electron chi connectivity index (χ0n) is 16.3. The Morgan fingerprint density at radius 1 is 1.27 bits per heavy atom. The smallest absolute Gasteiger partial charge is 0.317 e. The largest absolute Gasteiger partial charge is 0.486 e. The van der Waals surface area contributed by atoms with Crippen molar-refractivity contribution in [3.63, 3.8) is 0 Å². The first-order chi connectivity index (χ1) is 12.3. The van der Waals surface area contributed by atoms with E-state index in [1.165, 1.54) is 0 Å². The maximum absolute atomic E-state index is 12.4. The molecule has 0 aliphatic rings. The Labute approximate surface area is 160 Å². The van der Waals surface area contributed by atoms with Gasteiger partial charge in [-0.25, -0.2) is 9.78 Å². The Morgan fingerprint density at radius 2 is 2.00 bits per heavy atom. The molecule has 5 nitrogen and oxygen atoms in total. The van der Waals surface area contributed by atoms with Gasteiger partial charge in [0.25, 0.3) is 0 Å². The minimum atomic E-state index is -0.0422. The fraction of sp³-hybridized carbons (Fsp3) is 0.500. The second-order valence-corrected chi connectivity index (χ2v) is 8.11. The number of hydrogen-bond donors (Lipinski definition) is 1. The van der Waals surface area contributed by atoms with Crippen molar-refractivity contribution in [3.05, 3.63) is 45.9 Å². The Hall–Kier alpha value is -2.08. The number of carbonyl (C=O) groups is 1. The molecule has 0 unspecified atom stereocenters. The highest BCUT2D eigenvalue weighted by Crippen LogP contribution is 2.20. The number of aromatic nitrogens is 1. The number of para-hydroxylation sites is 1. The van der Waals surface area contributed by atoms with Crippen LogP contribution in [0.25, 0.3) is 0 Å². The van der Waals surface area contributed by atoms with E-state index in [0.717, 1.165) is 22.0 Å². The van der Waals surface area contributed by atoms with E-state index in [9.17, 15) is 4.79 Å². The monoisotopic (exact) mass is 375 g/mol. The number of nitrogens with one attached hydrogen (secondary N) is 1. The Kier molecular flexibility index (Phi) is 7.45. The number of thiazole rings is 1. The molecule has 0 aliphatic carbocycles. The third-order valence-electron chi connectivity index (χ3n) is 3.68. The first kappa shape index (κ1) is 20.2. The number of urea groups is 1. The van der Waals surface area contributed by atoms with Crippen LogP contribution in [-0.2, 0) is 13.2 Å². The Bertz CT molecular complexity index is 713. The number of aryl methyl sites for hydroxylation is 1. The maximum atomic E-state index is 12.4. The van der Waals surface area contributed by atoms with Gasteiger partial charge in [0.05, 0.1) is 12.2 Å². The minimum Gasteiger partial charge on any atom is -0.486 e. The van der Waals surface area contributed by atoms with E-state index in [-0.39, 0.29) is 12.1 Å². The number of hydrogen-bond acceptors (Lipinski definition) is 4. The van der Waals surface area contributed by atoms with Crippen LogP contribution in [0, 0.1) is 12.8 Å². The number of amides is 2. The minimum absolute atomic E-state index is 0.0422. The van der Waals surface area contributed by atoms with Crippen LogP contribution >= 0.6 is 11.3 Å². The van der Waals surface area contributed by atoms with Gasteiger partial charge in [-0.15, -0.1) is 11.3 Å². The lowest BCUT2D eigenvalue weighted by Crippen LogP contribution is -2.44. The van der Waals surface area contributed by atoms with Crippen LogP contribution in [0.5, 0.6) is 5.75 Å². The molecule has 0 radical (unpaired) electrons. The molecular formula is C20H29N3O2S. The van der Waals surface area contributed by atoms with Gasteiger partial charge < -0.3 is 15.0 Å². The maximum Gasteiger partial charge on any atom is 0.317 e. The molecule has 6 heteroatoms. The molecule has 0 aliphatic heterocycles. The normalized spacial score (nSPS) is 11.0. The van der Waals surface area contributed by atoms with Gasteiger partial charge in [-0.05, 0) is 38.3 Å². The molecule has 0 atom stereocenters. The second kappa shape index (κ2) is 9.57. The van der Waals surface area contributed by atoms with Crippen LogP contribution in [0.15, 0.2) is 29.6 Å². The van der Waals surface area contributed by atoms with Crippen molar-refractivity contribution in [2.75, 3.05) is 6.54 Å². The van der Waals surface area contributed by atoms with Crippen molar-refractivity contribution in [2.45, 2.75) is 53.8 Å². The van der Waals surface area contributed by atoms with Gasteiger partial charge in [0.2, 0.25) is 0 Å². The van der Waals surface area contributed by atoms with Crippen LogP contribution in [0.1, 0.15) is 44.0 Å². The molecule has 0 saturated heterocycles. The lowest BCUT2D eigenvalue weighted by molar-refractivity contribution is 0.184. The van der Waals surface area contributed by atoms with Gasteiger partial charge in [-0.1, -0.05) is 32.0 Å². The second-order valence-electron chi connectivity index (χ2n) is 7.17. The topological polar surface area (TPSA) is 54.5 Å². The van der Waals surface area contributed by atoms with E-state index in [2.05, 4.69) is 24.1 Å². The van der Waals surface area contributed by atoms with Crippen molar-refractivity contribution in [3.8, 4) is 5.75 Å². The van der Waals surface area contributed by atoms with Crippen LogP contribution in [0.4, 0.5) is 4.79 Å². The van der Waals surface area contributed by atoms with E-state index >= 15 is 0 Å². The summed E-state index contributed by atoms with van der Waals surface area (Å²) >= 11 is 1.57. The summed E-state index contributed by atoms with van der Waals surface area (Å²) in [6, 6.07) is 8.02. The molecule has 2 rings (SSSR count). The van der Waals surface area contributed by atoms with E-state index in [1.807, 2.05) is 55.3 Å². The fourth-order valence-electron chi connectivity index (χ4n) is 2.54. The van der Waals surface area contributed by atoms with Gasteiger partial charge in [0.1, 0.15) is 17.4 Å². The van der Waals surface area contributed by atoms with Gasteiger partial charge in [0, 0.05) is 18.0 Å². The molecular weight excluding hydrogens is 346 g/mol. The van der Waals surface area contributed by atoms with E-state index in [1.54, 1.807) is 11.3 Å². The summed E-state index contributed by atoms with van der Waals surface area (Å²) < 4.78 is 5.86. The summed E-state index contributed by atoms with van der Waals surface area (Å²) in [7, 11) is 0. The highest BCUT2D eigenvalue weighted by atomic mass is 32.1. The quantitative estimate of drug-likeness (QED) is 0.733. The van der Waals surface area contributed by atoms with Gasteiger partial charge in [0.15, 0.2) is 0 Å². The first-order valence-electron chi connectivity index (χ1n) is 9.02. The standard InChI is InChI=1S/C20H29N3O2S/c1-14(2)10-23(20(24)21-15(3)4)11-17-13-26-19(22-17)12-25-18-9-7-6-8-16(18)5/h6-9,13-15H,10-12H2,1-5H3,(H,21,24). The predicted octanol–water partition coefficient (Wildman–Crippen LogP) is 4.61. The Morgan fingerprint density at radius 3 is 2.65 bits per heavy atom. The summed E-state index contributed by atoms with van der Waals surface area (Å²) in [6.07, 6.45) is 0. The highest BCUT2D eigenvalue weighted by molar-refractivity contribution is 7.09. The number of carbonyl (C=O) groups excluding carboxylic acids is 1. The van der Waals surface area contributed by atoms with Crippen molar-refractivity contribution < 1.29 is 9.53 Å². The molecule has 0 fully saturated rings. The lowest BCUT2D eigenvalue weighted by Gasteiger charge is -2.25. The van der Waals surface area contributed by atoms with Crippen molar-refractivity contribution in [1.29, 1.82) is 0 Å². The summed E-state index contributed by atoms with van der Waals surface area (Å²) in [5, 5.41) is 5.89. The third-order valence-corrected chi connectivity index (χ3v) is 4.55. The summed E-state index contributed by atoms with van der Waals surface area (Å²) in [5.41, 5.74) is 2.01. The number of rotatable bonds is 8. The molecule has 0 spiro atoms. The average Bonchev–Trinajstić information content (AvgIpc) is 3.00.